The van der Waals surface area contributed by atoms with Crippen LogP contribution in [0.5, 0.6) is 0 Å². The summed E-state index contributed by atoms with van der Waals surface area (Å²) in [6.07, 6.45) is 0.927. The summed E-state index contributed by atoms with van der Waals surface area (Å²) < 4.78 is 0. The minimum Gasteiger partial charge on any atom is -0.396 e. The zero-order valence-corrected chi connectivity index (χ0v) is 7.41. The smallest absolute Gasteiger partial charge is 0.0438 e. The SMILES string of the molecule is CCNCCSCCCO. The van der Waals surface area contributed by atoms with Crippen molar-refractivity contribution >= 4 is 11.8 Å². The average Bonchev–Trinajstić information content (AvgIpc) is 1.97. The lowest BCUT2D eigenvalue weighted by Gasteiger charge is -1.99. The van der Waals surface area contributed by atoms with E-state index in [0.717, 1.165) is 31.0 Å². The second kappa shape index (κ2) is 9.27. The first kappa shape index (κ1) is 10.3. The summed E-state index contributed by atoms with van der Waals surface area (Å²) in [5.74, 6) is 2.25. The molecule has 0 amide bonds. The normalized spacial score (nSPS) is 10.2. The Hall–Kier alpha value is 0.270. The topological polar surface area (TPSA) is 32.3 Å². The van der Waals surface area contributed by atoms with Crippen LogP contribution in [0.2, 0.25) is 0 Å². The van der Waals surface area contributed by atoms with E-state index < -0.39 is 0 Å². The highest BCUT2D eigenvalue weighted by Gasteiger charge is 1.86. The summed E-state index contributed by atoms with van der Waals surface area (Å²) >= 11 is 1.90. The molecule has 0 spiro atoms. The quantitative estimate of drug-likeness (QED) is 0.542. The first-order valence-electron chi connectivity index (χ1n) is 3.81. The zero-order chi connectivity index (χ0) is 7.66. The van der Waals surface area contributed by atoms with E-state index in [1.54, 1.807) is 0 Å². The lowest BCUT2D eigenvalue weighted by Crippen LogP contribution is -2.16. The van der Waals surface area contributed by atoms with Gasteiger partial charge < -0.3 is 10.4 Å². The van der Waals surface area contributed by atoms with Crippen LogP contribution >= 0.6 is 11.8 Å². The average molecular weight is 163 g/mol. The van der Waals surface area contributed by atoms with Gasteiger partial charge in [-0.3, -0.25) is 0 Å². The zero-order valence-electron chi connectivity index (χ0n) is 6.60. The number of aliphatic hydroxyl groups excluding tert-OH is 1. The van der Waals surface area contributed by atoms with E-state index in [0.29, 0.717) is 6.61 Å². The van der Waals surface area contributed by atoms with Crippen molar-refractivity contribution in [2.75, 3.05) is 31.2 Å². The first-order chi connectivity index (χ1) is 4.91. The highest BCUT2D eigenvalue weighted by atomic mass is 32.2. The molecule has 0 aromatic carbocycles. The van der Waals surface area contributed by atoms with Crippen molar-refractivity contribution in [2.24, 2.45) is 0 Å². The summed E-state index contributed by atoms with van der Waals surface area (Å²) in [5.41, 5.74) is 0. The molecule has 0 aromatic heterocycles. The molecule has 0 atom stereocenters. The van der Waals surface area contributed by atoms with E-state index in [4.69, 9.17) is 5.11 Å². The van der Waals surface area contributed by atoms with Crippen LogP contribution in [0.1, 0.15) is 13.3 Å². The minimum absolute atomic E-state index is 0.328. The second-order valence-corrected chi connectivity index (χ2v) is 3.27. The van der Waals surface area contributed by atoms with Gasteiger partial charge in [0.2, 0.25) is 0 Å². The molecule has 2 N–H and O–H groups in total. The monoisotopic (exact) mass is 163 g/mol. The molecule has 0 bridgehead atoms. The van der Waals surface area contributed by atoms with E-state index in [-0.39, 0.29) is 0 Å². The minimum atomic E-state index is 0.328. The van der Waals surface area contributed by atoms with Gasteiger partial charge in [-0.15, -0.1) is 0 Å². The highest BCUT2D eigenvalue weighted by Crippen LogP contribution is 1.99. The summed E-state index contributed by atoms with van der Waals surface area (Å²) in [7, 11) is 0. The van der Waals surface area contributed by atoms with Gasteiger partial charge in [-0.2, -0.15) is 11.8 Å². The molecule has 3 heteroatoms. The Morgan fingerprint density at radius 2 is 2.20 bits per heavy atom. The fourth-order valence-electron chi connectivity index (χ4n) is 0.590. The molecule has 0 rings (SSSR count). The molecule has 2 nitrogen and oxygen atoms in total. The van der Waals surface area contributed by atoms with Crippen LogP contribution in [-0.2, 0) is 0 Å². The summed E-state index contributed by atoms with van der Waals surface area (Å²) in [6, 6.07) is 0. The molecule has 0 aliphatic rings. The van der Waals surface area contributed by atoms with E-state index in [1.807, 2.05) is 11.8 Å². The lowest BCUT2D eigenvalue weighted by atomic mass is 10.5. The van der Waals surface area contributed by atoms with Crippen LogP contribution in [0.3, 0.4) is 0 Å². The largest absolute Gasteiger partial charge is 0.396 e. The van der Waals surface area contributed by atoms with Crippen LogP contribution in [0.25, 0.3) is 0 Å². The van der Waals surface area contributed by atoms with E-state index in [9.17, 15) is 0 Å². The molecule has 0 aliphatic carbocycles. The standard InChI is InChI=1S/C7H17NOS/c1-2-8-4-7-10-6-3-5-9/h8-9H,2-7H2,1H3. The molecule has 62 valence electrons. The van der Waals surface area contributed by atoms with E-state index in [1.165, 1.54) is 0 Å². The highest BCUT2D eigenvalue weighted by molar-refractivity contribution is 7.99. The van der Waals surface area contributed by atoms with E-state index >= 15 is 0 Å². The molecular weight excluding hydrogens is 146 g/mol. The van der Waals surface area contributed by atoms with Crippen LogP contribution in [0.15, 0.2) is 0 Å². The number of thioether (sulfide) groups is 1. The summed E-state index contributed by atoms with van der Waals surface area (Å²) in [4.78, 5) is 0. The van der Waals surface area contributed by atoms with Gasteiger partial charge in [0.25, 0.3) is 0 Å². The third-order valence-corrected chi connectivity index (χ3v) is 2.19. The molecule has 0 saturated heterocycles. The van der Waals surface area contributed by atoms with Gasteiger partial charge >= 0.3 is 0 Å². The Labute approximate surface area is 67.4 Å². The number of rotatable bonds is 7. The van der Waals surface area contributed by atoms with Crippen LogP contribution < -0.4 is 5.32 Å². The number of aliphatic hydroxyl groups is 1. The molecule has 0 radical (unpaired) electrons. The van der Waals surface area contributed by atoms with Gasteiger partial charge in [0.1, 0.15) is 0 Å². The molecule has 0 unspecified atom stereocenters. The second-order valence-electron chi connectivity index (χ2n) is 2.04. The summed E-state index contributed by atoms with van der Waals surface area (Å²) in [6.45, 7) is 4.58. The van der Waals surface area contributed by atoms with Crippen molar-refractivity contribution in [3.8, 4) is 0 Å². The van der Waals surface area contributed by atoms with Crippen LogP contribution in [0.4, 0.5) is 0 Å². The number of nitrogens with one attached hydrogen (secondary N) is 1. The third-order valence-electron chi connectivity index (χ3n) is 1.12. The summed E-state index contributed by atoms with van der Waals surface area (Å²) in [5, 5.41) is 11.7. The first-order valence-corrected chi connectivity index (χ1v) is 4.96. The predicted molar refractivity (Wildman–Crippen MR) is 47.6 cm³/mol. The Kier molecular flexibility index (Phi) is 9.52. The van der Waals surface area contributed by atoms with Gasteiger partial charge in [-0.05, 0) is 18.7 Å². The van der Waals surface area contributed by atoms with Gasteiger partial charge in [-0.1, -0.05) is 6.92 Å². The van der Waals surface area contributed by atoms with Crippen molar-refractivity contribution in [3.63, 3.8) is 0 Å². The molecule has 0 fully saturated rings. The fraction of sp³-hybridized carbons (Fsp3) is 1.00. The van der Waals surface area contributed by atoms with Crippen molar-refractivity contribution in [1.29, 1.82) is 0 Å². The molecule has 0 saturated carbocycles. The molecule has 10 heavy (non-hydrogen) atoms. The third kappa shape index (κ3) is 8.27. The van der Waals surface area contributed by atoms with Gasteiger partial charge in [0.05, 0.1) is 0 Å². The van der Waals surface area contributed by atoms with Crippen molar-refractivity contribution in [1.82, 2.24) is 5.32 Å². The Morgan fingerprint density at radius 1 is 1.40 bits per heavy atom. The van der Waals surface area contributed by atoms with Crippen molar-refractivity contribution in [2.45, 2.75) is 13.3 Å². The molecule has 0 aromatic rings. The van der Waals surface area contributed by atoms with Crippen LogP contribution in [0, 0.1) is 0 Å². The fourth-order valence-corrected chi connectivity index (χ4v) is 1.42. The van der Waals surface area contributed by atoms with Crippen molar-refractivity contribution in [3.05, 3.63) is 0 Å². The Morgan fingerprint density at radius 3 is 2.80 bits per heavy atom. The maximum absolute atomic E-state index is 8.44. The number of hydrogen-bond acceptors (Lipinski definition) is 3. The number of hydrogen-bond donors (Lipinski definition) is 2. The van der Waals surface area contributed by atoms with Gasteiger partial charge in [0.15, 0.2) is 0 Å². The maximum Gasteiger partial charge on any atom is 0.0438 e. The molecule has 0 aliphatic heterocycles. The Balaban J connectivity index is 2.65. The molecular formula is C7H17NOS. The van der Waals surface area contributed by atoms with E-state index in [2.05, 4.69) is 12.2 Å². The van der Waals surface area contributed by atoms with Crippen molar-refractivity contribution < 1.29 is 5.11 Å². The van der Waals surface area contributed by atoms with Crippen LogP contribution in [-0.4, -0.2) is 36.3 Å². The van der Waals surface area contributed by atoms with Gasteiger partial charge in [-0.25, -0.2) is 0 Å². The lowest BCUT2D eigenvalue weighted by molar-refractivity contribution is 0.296. The Bertz CT molecular complexity index is 53.6. The predicted octanol–water partition coefficient (Wildman–Crippen LogP) is 0.711. The maximum atomic E-state index is 8.44. The van der Waals surface area contributed by atoms with Gasteiger partial charge in [0, 0.05) is 18.9 Å². The molecule has 0 heterocycles.